The third kappa shape index (κ3) is 5.40. The molecule has 1 amide bonds. The first kappa shape index (κ1) is 18.6. The number of ether oxygens (including phenoxy) is 1. The number of carbonyl (C=O) groups is 1. The third-order valence-electron chi connectivity index (χ3n) is 4.00. The van der Waals surface area contributed by atoms with Gasteiger partial charge in [0.1, 0.15) is 11.8 Å². The summed E-state index contributed by atoms with van der Waals surface area (Å²) >= 11 is 0. The average Bonchev–Trinajstić information content (AvgIpc) is 2.92. The third-order valence-corrected chi connectivity index (χ3v) is 4.00. The number of benzene rings is 1. The fourth-order valence-electron chi connectivity index (χ4n) is 2.85. The van der Waals surface area contributed by atoms with E-state index in [9.17, 15) is 18.0 Å². The summed E-state index contributed by atoms with van der Waals surface area (Å²) in [5.74, 6) is 0.430. The highest BCUT2D eigenvalue weighted by molar-refractivity contribution is 5.77. The van der Waals surface area contributed by atoms with E-state index in [1.54, 1.807) is 0 Å². The lowest BCUT2D eigenvalue weighted by molar-refractivity contribution is -0.190. The van der Waals surface area contributed by atoms with E-state index < -0.39 is 12.2 Å². The minimum Gasteiger partial charge on any atom is -0.494 e. The molecular weight excluding hydrogens is 321 g/mol. The molecule has 0 aromatic heterocycles. The van der Waals surface area contributed by atoms with E-state index in [4.69, 9.17) is 4.74 Å². The molecule has 1 aliphatic rings. The molecule has 24 heavy (non-hydrogen) atoms. The highest BCUT2D eigenvalue weighted by Crippen LogP contribution is 2.29. The van der Waals surface area contributed by atoms with Crippen molar-refractivity contribution in [2.24, 2.45) is 0 Å². The maximum atomic E-state index is 13.2. The zero-order chi connectivity index (χ0) is 17.6. The van der Waals surface area contributed by atoms with E-state index in [1.165, 1.54) is 0 Å². The number of carbonyl (C=O) groups excluding carboxylic acids is 1. The molecule has 1 aromatic rings. The topological polar surface area (TPSA) is 41.6 Å². The van der Waals surface area contributed by atoms with E-state index in [2.05, 4.69) is 5.43 Å². The van der Waals surface area contributed by atoms with Crippen molar-refractivity contribution >= 4 is 5.91 Å². The molecule has 1 atom stereocenters. The number of halogens is 3. The maximum absolute atomic E-state index is 13.2. The fourth-order valence-corrected chi connectivity index (χ4v) is 2.85. The predicted molar refractivity (Wildman–Crippen MR) is 84.5 cm³/mol. The highest BCUT2D eigenvalue weighted by atomic mass is 19.4. The summed E-state index contributed by atoms with van der Waals surface area (Å²) in [6.45, 7) is 2.60. The Morgan fingerprint density at radius 3 is 2.75 bits per heavy atom. The largest absolute Gasteiger partial charge is 0.494 e. The molecule has 4 nitrogen and oxygen atoms in total. The van der Waals surface area contributed by atoms with Crippen molar-refractivity contribution < 1.29 is 22.7 Å². The van der Waals surface area contributed by atoms with Gasteiger partial charge in [-0.25, -0.2) is 5.01 Å². The molecule has 0 unspecified atom stereocenters. The van der Waals surface area contributed by atoms with E-state index in [-0.39, 0.29) is 25.3 Å². The van der Waals surface area contributed by atoms with Gasteiger partial charge >= 0.3 is 6.18 Å². The second-order valence-electron chi connectivity index (χ2n) is 5.86. The summed E-state index contributed by atoms with van der Waals surface area (Å²) in [7, 11) is 0. The van der Waals surface area contributed by atoms with Crippen molar-refractivity contribution in [1.29, 1.82) is 0 Å². The van der Waals surface area contributed by atoms with Crippen LogP contribution in [0.5, 0.6) is 5.75 Å². The molecule has 0 aliphatic carbocycles. The van der Waals surface area contributed by atoms with E-state index in [1.807, 2.05) is 31.2 Å². The van der Waals surface area contributed by atoms with Crippen LogP contribution in [0.25, 0.3) is 0 Å². The van der Waals surface area contributed by atoms with Gasteiger partial charge in [-0.2, -0.15) is 13.2 Å². The molecule has 0 saturated carbocycles. The van der Waals surface area contributed by atoms with Crippen molar-refractivity contribution in [3.05, 3.63) is 29.8 Å². The number of unbranched alkanes of at least 4 members (excludes halogenated alkanes) is 1. The van der Waals surface area contributed by atoms with Gasteiger partial charge in [0.25, 0.3) is 0 Å². The molecule has 1 fully saturated rings. The van der Waals surface area contributed by atoms with E-state index in [0.717, 1.165) is 16.3 Å². The number of rotatable bonds is 8. The Balaban J connectivity index is 1.82. The van der Waals surface area contributed by atoms with Crippen molar-refractivity contribution in [2.45, 2.75) is 51.2 Å². The Kier molecular flexibility index (Phi) is 6.48. The Labute approximate surface area is 139 Å². The van der Waals surface area contributed by atoms with Gasteiger partial charge in [0.05, 0.1) is 6.61 Å². The smallest absolute Gasteiger partial charge is 0.405 e. The highest BCUT2D eigenvalue weighted by Gasteiger charge is 2.45. The number of aryl methyl sites for hydroxylation is 1. The number of amides is 1. The van der Waals surface area contributed by atoms with Gasteiger partial charge in [-0.3, -0.25) is 10.2 Å². The lowest BCUT2D eigenvalue weighted by Gasteiger charge is -2.28. The second kappa shape index (κ2) is 8.37. The quantitative estimate of drug-likeness (QED) is 0.734. The van der Waals surface area contributed by atoms with Gasteiger partial charge < -0.3 is 4.74 Å². The minimum absolute atomic E-state index is 0.0189. The maximum Gasteiger partial charge on any atom is 0.405 e. The fraction of sp³-hybridized carbons (Fsp3) is 0.588. The Bertz CT molecular complexity index is 549. The van der Waals surface area contributed by atoms with Crippen LogP contribution in [-0.4, -0.2) is 36.3 Å². The Morgan fingerprint density at radius 2 is 2.12 bits per heavy atom. The molecule has 1 aliphatic heterocycles. The van der Waals surface area contributed by atoms with Crippen molar-refractivity contribution in [1.82, 2.24) is 10.4 Å². The Morgan fingerprint density at radius 1 is 1.33 bits per heavy atom. The number of nitrogens with one attached hydrogen (secondary N) is 1. The van der Waals surface area contributed by atoms with Crippen LogP contribution in [0.3, 0.4) is 0 Å². The van der Waals surface area contributed by atoms with Crippen LogP contribution < -0.4 is 10.2 Å². The molecule has 0 radical (unpaired) electrons. The van der Waals surface area contributed by atoms with Crippen molar-refractivity contribution in [2.75, 3.05) is 13.2 Å². The van der Waals surface area contributed by atoms with Crippen LogP contribution in [0.2, 0.25) is 0 Å². The standard InChI is InChI=1S/C17H23F3N2O2/c1-2-24-14-8-5-7-13(12-14)6-3-4-9-15(17(18,19)20)22-11-10-16(23)21-22/h5,7-8,12,15H,2-4,6,9-11H2,1H3,(H,21,23)/t15-/m0/s1. The molecule has 0 bridgehead atoms. The van der Waals surface area contributed by atoms with Crippen LogP contribution in [0.1, 0.15) is 38.2 Å². The van der Waals surface area contributed by atoms with Gasteiger partial charge in [0.15, 0.2) is 0 Å². The molecule has 7 heteroatoms. The normalized spacial score (nSPS) is 16.9. The molecule has 1 N–H and O–H groups in total. The number of hydrogen-bond acceptors (Lipinski definition) is 3. The van der Waals surface area contributed by atoms with Gasteiger partial charge in [0.2, 0.25) is 5.91 Å². The van der Waals surface area contributed by atoms with Crippen LogP contribution >= 0.6 is 0 Å². The summed E-state index contributed by atoms with van der Waals surface area (Å²) in [4.78, 5) is 11.2. The molecule has 0 spiro atoms. The van der Waals surface area contributed by atoms with E-state index in [0.29, 0.717) is 25.9 Å². The summed E-state index contributed by atoms with van der Waals surface area (Å²) in [6, 6.07) is 6.01. The average molecular weight is 344 g/mol. The molecule has 1 saturated heterocycles. The lowest BCUT2D eigenvalue weighted by Crippen LogP contribution is -2.49. The second-order valence-corrected chi connectivity index (χ2v) is 5.86. The molecule has 1 heterocycles. The molecular formula is C17H23F3N2O2. The minimum atomic E-state index is -4.34. The van der Waals surface area contributed by atoms with Crippen LogP contribution in [0.4, 0.5) is 13.2 Å². The molecule has 2 rings (SSSR count). The van der Waals surface area contributed by atoms with Gasteiger partial charge in [-0.05, 0) is 43.9 Å². The van der Waals surface area contributed by atoms with Crippen LogP contribution in [0.15, 0.2) is 24.3 Å². The van der Waals surface area contributed by atoms with Gasteiger partial charge in [-0.1, -0.05) is 18.6 Å². The number of hydrazine groups is 1. The zero-order valence-electron chi connectivity index (χ0n) is 13.7. The van der Waals surface area contributed by atoms with Crippen LogP contribution in [-0.2, 0) is 11.2 Å². The van der Waals surface area contributed by atoms with Crippen molar-refractivity contribution in [3.63, 3.8) is 0 Å². The Hall–Kier alpha value is -1.76. The molecule has 1 aromatic carbocycles. The first-order chi connectivity index (χ1) is 11.4. The van der Waals surface area contributed by atoms with Crippen molar-refractivity contribution in [3.8, 4) is 5.75 Å². The van der Waals surface area contributed by atoms with E-state index >= 15 is 0 Å². The van der Waals surface area contributed by atoms with Gasteiger partial charge in [0, 0.05) is 13.0 Å². The number of hydrogen-bond donors (Lipinski definition) is 1. The summed E-state index contributed by atoms with van der Waals surface area (Å²) in [6.07, 6.45) is -2.44. The monoisotopic (exact) mass is 344 g/mol. The number of alkyl halides is 3. The SMILES string of the molecule is CCOc1cccc(CCCC[C@H](N2CCC(=O)N2)C(F)(F)F)c1. The first-order valence-corrected chi connectivity index (χ1v) is 8.24. The summed E-state index contributed by atoms with van der Waals surface area (Å²) < 4.78 is 45.0. The van der Waals surface area contributed by atoms with Gasteiger partial charge in [-0.15, -0.1) is 0 Å². The summed E-state index contributed by atoms with van der Waals surface area (Å²) in [5, 5.41) is 1.03. The summed E-state index contributed by atoms with van der Waals surface area (Å²) in [5.41, 5.74) is 3.35. The molecule has 134 valence electrons. The number of nitrogens with zero attached hydrogens (tertiary/aromatic N) is 1. The lowest BCUT2D eigenvalue weighted by atomic mass is 10.0. The predicted octanol–water partition coefficient (Wildman–Crippen LogP) is 3.47. The first-order valence-electron chi connectivity index (χ1n) is 8.24. The zero-order valence-corrected chi connectivity index (χ0v) is 13.7. The van der Waals surface area contributed by atoms with Crippen LogP contribution in [0, 0.1) is 0 Å².